The van der Waals surface area contributed by atoms with Crippen molar-refractivity contribution in [1.82, 2.24) is 0 Å². The van der Waals surface area contributed by atoms with E-state index in [1.165, 1.54) is 6.07 Å². The normalized spacial score (nSPS) is 16.7. The predicted molar refractivity (Wildman–Crippen MR) is 78.5 cm³/mol. The summed E-state index contributed by atoms with van der Waals surface area (Å²) in [4.78, 5) is 12.3. The third-order valence-corrected chi connectivity index (χ3v) is 3.70. The van der Waals surface area contributed by atoms with Gasteiger partial charge in [-0.3, -0.25) is 4.79 Å². The van der Waals surface area contributed by atoms with Gasteiger partial charge in [-0.25, -0.2) is 4.39 Å². The maximum absolute atomic E-state index is 13.5. The third-order valence-electron chi connectivity index (χ3n) is 3.70. The van der Waals surface area contributed by atoms with Crippen molar-refractivity contribution >= 4 is 11.7 Å². The van der Waals surface area contributed by atoms with Crippen LogP contribution in [0, 0.1) is 5.82 Å². The standard InChI is InChI=1S/C17H16FNO2/c18-15-7-3-1-5-12(15)11-21-17(20)14-9-10-19-16-8-4-2-6-13(14)16/h1-8,14,19H,9-11H2. The lowest BCUT2D eigenvalue weighted by Gasteiger charge is -2.25. The molecule has 0 spiro atoms. The van der Waals surface area contributed by atoms with E-state index in [0.717, 1.165) is 17.8 Å². The molecule has 3 nitrogen and oxygen atoms in total. The third kappa shape index (κ3) is 2.89. The largest absolute Gasteiger partial charge is 0.460 e. The molecule has 1 atom stereocenters. The van der Waals surface area contributed by atoms with E-state index in [1.54, 1.807) is 18.2 Å². The fourth-order valence-corrected chi connectivity index (χ4v) is 2.58. The van der Waals surface area contributed by atoms with Crippen LogP contribution in [0.25, 0.3) is 0 Å². The van der Waals surface area contributed by atoms with Gasteiger partial charge in [-0.15, -0.1) is 0 Å². The van der Waals surface area contributed by atoms with E-state index in [-0.39, 0.29) is 24.3 Å². The van der Waals surface area contributed by atoms with E-state index >= 15 is 0 Å². The van der Waals surface area contributed by atoms with Gasteiger partial charge in [-0.1, -0.05) is 36.4 Å². The Labute approximate surface area is 122 Å². The number of esters is 1. The summed E-state index contributed by atoms with van der Waals surface area (Å²) in [6.45, 7) is 0.702. The van der Waals surface area contributed by atoms with Crippen molar-refractivity contribution in [3.8, 4) is 0 Å². The molecule has 0 aromatic heterocycles. The lowest BCUT2D eigenvalue weighted by molar-refractivity contribution is -0.147. The van der Waals surface area contributed by atoms with Crippen LogP contribution in [0.15, 0.2) is 48.5 Å². The number of hydrogen-bond donors (Lipinski definition) is 1. The van der Waals surface area contributed by atoms with Crippen molar-refractivity contribution in [2.24, 2.45) is 0 Å². The van der Waals surface area contributed by atoms with Crippen LogP contribution < -0.4 is 5.32 Å². The van der Waals surface area contributed by atoms with Crippen LogP contribution in [-0.2, 0) is 16.1 Å². The molecule has 3 rings (SSSR count). The van der Waals surface area contributed by atoms with Crippen LogP contribution in [0.5, 0.6) is 0 Å². The van der Waals surface area contributed by atoms with Gasteiger partial charge in [0.05, 0.1) is 5.92 Å². The average Bonchev–Trinajstić information content (AvgIpc) is 2.53. The molecule has 1 unspecified atom stereocenters. The Morgan fingerprint density at radius 3 is 2.81 bits per heavy atom. The molecule has 0 radical (unpaired) electrons. The number of benzene rings is 2. The number of carbonyl (C=O) groups is 1. The van der Waals surface area contributed by atoms with E-state index in [9.17, 15) is 9.18 Å². The Hall–Kier alpha value is -2.36. The SMILES string of the molecule is O=C(OCc1ccccc1F)C1CCNc2ccccc21. The zero-order chi connectivity index (χ0) is 14.7. The number of para-hydroxylation sites is 1. The highest BCUT2D eigenvalue weighted by atomic mass is 19.1. The molecule has 1 heterocycles. The van der Waals surface area contributed by atoms with Gasteiger partial charge in [0.1, 0.15) is 12.4 Å². The molecule has 21 heavy (non-hydrogen) atoms. The first-order chi connectivity index (χ1) is 10.3. The predicted octanol–water partition coefficient (Wildman–Crippen LogP) is 3.47. The van der Waals surface area contributed by atoms with Crippen molar-refractivity contribution < 1.29 is 13.9 Å². The van der Waals surface area contributed by atoms with Crippen molar-refractivity contribution in [1.29, 1.82) is 0 Å². The Morgan fingerprint density at radius 2 is 1.95 bits per heavy atom. The molecule has 0 amide bonds. The molecule has 1 aliphatic heterocycles. The van der Waals surface area contributed by atoms with Gasteiger partial charge in [0, 0.05) is 17.8 Å². The summed E-state index contributed by atoms with van der Waals surface area (Å²) in [5.41, 5.74) is 2.31. The minimum atomic E-state index is -0.351. The van der Waals surface area contributed by atoms with Gasteiger partial charge >= 0.3 is 5.97 Å². The van der Waals surface area contributed by atoms with Gasteiger partial charge in [0.25, 0.3) is 0 Å². The highest BCUT2D eigenvalue weighted by molar-refractivity contribution is 5.81. The first kappa shape index (κ1) is 13.6. The molecule has 4 heteroatoms. The first-order valence-electron chi connectivity index (χ1n) is 6.98. The Bertz CT molecular complexity index is 657. The summed E-state index contributed by atoms with van der Waals surface area (Å²) in [6, 6.07) is 14.0. The number of nitrogens with one attached hydrogen (secondary N) is 1. The van der Waals surface area contributed by atoms with Crippen LogP contribution in [0.4, 0.5) is 10.1 Å². The molecule has 1 aliphatic rings. The summed E-state index contributed by atoms with van der Waals surface area (Å²) in [5, 5.41) is 3.26. The van der Waals surface area contributed by atoms with Gasteiger partial charge < -0.3 is 10.1 Å². The fourth-order valence-electron chi connectivity index (χ4n) is 2.58. The highest BCUT2D eigenvalue weighted by Gasteiger charge is 2.27. The molecular weight excluding hydrogens is 269 g/mol. The molecule has 0 saturated carbocycles. The number of fused-ring (bicyclic) bond motifs is 1. The lowest BCUT2D eigenvalue weighted by Crippen LogP contribution is -2.24. The molecule has 0 saturated heterocycles. The maximum atomic E-state index is 13.5. The molecule has 2 aromatic carbocycles. The first-order valence-corrected chi connectivity index (χ1v) is 6.98. The molecular formula is C17H16FNO2. The quantitative estimate of drug-likeness (QED) is 0.878. The number of anilines is 1. The van der Waals surface area contributed by atoms with Crippen LogP contribution in [-0.4, -0.2) is 12.5 Å². The van der Waals surface area contributed by atoms with Crippen LogP contribution >= 0.6 is 0 Å². The van der Waals surface area contributed by atoms with Crippen molar-refractivity contribution in [2.75, 3.05) is 11.9 Å². The summed E-state index contributed by atoms with van der Waals surface area (Å²) in [6.07, 6.45) is 0.688. The van der Waals surface area contributed by atoms with Crippen LogP contribution in [0.1, 0.15) is 23.5 Å². The minimum Gasteiger partial charge on any atom is -0.460 e. The summed E-state index contributed by atoms with van der Waals surface area (Å²) in [5.74, 6) is -0.933. The van der Waals surface area contributed by atoms with E-state index < -0.39 is 0 Å². The Kier molecular flexibility index (Phi) is 3.86. The Balaban J connectivity index is 1.71. The molecule has 0 fully saturated rings. The minimum absolute atomic E-state index is 0.0302. The van der Waals surface area contributed by atoms with Gasteiger partial charge in [-0.05, 0) is 24.1 Å². The summed E-state index contributed by atoms with van der Waals surface area (Å²) < 4.78 is 18.8. The molecule has 0 aliphatic carbocycles. The second-order valence-electron chi connectivity index (χ2n) is 5.05. The summed E-state index contributed by atoms with van der Waals surface area (Å²) >= 11 is 0. The molecule has 0 bridgehead atoms. The van der Waals surface area contributed by atoms with Crippen molar-refractivity contribution in [3.63, 3.8) is 0 Å². The van der Waals surface area contributed by atoms with Crippen LogP contribution in [0.2, 0.25) is 0 Å². The van der Waals surface area contributed by atoms with Crippen molar-refractivity contribution in [3.05, 3.63) is 65.5 Å². The fraction of sp³-hybridized carbons (Fsp3) is 0.235. The number of halogens is 1. The van der Waals surface area contributed by atoms with Crippen LogP contribution in [0.3, 0.4) is 0 Å². The molecule has 2 aromatic rings. The monoisotopic (exact) mass is 285 g/mol. The number of carbonyl (C=O) groups excluding carboxylic acids is 1. The van der Waals surface area contributed by atoms with Crippen molar-refractivity contribution in [2.45, 2.75) is 18.9 Å². The average molecular weight is 285 g/mol. The van der Waals surface area contributed by atoms with E-state index in [1.807, 2.05) is 24.3 Å². The van der Waals surface area contributed by atoms with E-state index in [4.69, 9.17) is 4.74 Å². The van der Waals surface area contributed by atoms with Gasteiger partial charge in [0.2, 0.25) is 0 Å². The second-order valence-corrected chi connectivity index (χ2v) is 5.05. The van der Waals surface area contributed by atoms with Gasteiger partial charge in [0.15, 0.2) is 0 Å². The maximum Gasteiger partial charge on any atom is 0.313 e. The van der Waals surface area contributed by atoms with E-state index in [0.29, 0.717) is 12.0 Å². The molecule has 108 valence electrons. The van der Waals surface area contributed by atoms with Gasteiger partial charge in [-0.2, -0.15) is 0 Å². The number of ether oxygens (including phenoxy) is 1. The topological polar surface area (TPSA) is 38.3 Å². The Morgan fingerprint density at radius 1 is 1.19 bits per heavy atom. The second kappa shape index (κ2) is 5.95. The molecule has 1 N–H and O–H groups in total. The number of hydrogen-bond acceptors (Lipinski definition) is 3. The van der Waals surface area contributed by atoms with E-state index in [2.05, 4.69) is 5.32 Å². The zero-order valence-corrected chi connectivity index (χ0v) is 11.5. The smallest absolute Gasteiger partial charge is 0.313 e. The number of rotatable bonds is 3. The lowest BCUT2D eigenvalue weighted by atomic mass is 9.91. The summed E-state index contributed by atoms with van der Waals surface area (Å²) in [7, 11) is 0. The highest BCUT2D eigenvalue weighted by Crippen LogP contribution is 2.32. The zero-order valence-electron chi connectivity index (χ0n) is 11.5.